The summed E-state index contributed by atoms with van der Waals surface area (Å²) in [5.74, 6) is -0.837. The molecule has 1 atom stereocenters. The predicted octanol–water partition coefficient (Wildman–Crippen LogP) is 23.0. The molecule has 0 fully saturated rings. The van der Waals surface area contributed by atoms with Crippen molar-refractivity contribution in [2.24, 2.45) is 0 Å². The number of rotatable bonds is 63. The van der Waals surface area contributed by atoms with Crippen molar-refractivity contribution in [1.82, 2.24) is 0 Å². The van der Waals surface area contributed by atoms with Gasteiger partial charge in [-0.2, -0.15) is 0 Å². The number of allylic oxidation sites excluding steroid dienone is 4. The molecule has 0 spiro atoms. The molecule has 0 aliphatic heterocycles. The van der Waals surface area contributed by atoms with Gasteiger partial charge in [-0.1, -0.05) is 334 Å². The number of ether oxygens (including phenoxy) is 3. The molecule has 0 aliphatic carbocycles. The highest BCUT2D eigenvalue weighted by Gasteiger charge is 2.19. The van der Waals surface area contributed by atoms with Crippen molar-refractivity contribution < 1.29 is 28.6 Å². The normalized spacial score (nSPS) is 12.1. The Hall–Kier alpha value is -2.11. The monoisotopic (exact) mass is 1050 g/mol. The molecule has 0 aliphatic rings. The van der Waals surface area contributed by atoms with E-state index in [1.54, 1.807) is 0 Å². The van der Waals surface area contributed by atoms with Gasteiger partial charge in [-0.15, -0.1) is 0 Å². The zero-order valence-electron chi connectivity index (χ0n) is 50.8. The SMILES string of the molecule is CCCCC/C=C/C/C=C/CCCCCCCCCCCC(=O)OC[C@@H](COC(=O)CCCCCCCCCCCCCCCCCCCCC)OC(=O)CCCCCCCCCCCCCCCCCCCCC. The summed E-state index contributed by atoms with van der Waals surface area (Å²) in [5.41, 5.74) is 0. The van der Waals surface area contributed by atoms with Crippen LogP contribution in [0.15, 0.2) is 24.3 Å². The fourth-order valence-corrected chi connectivity index (χ4v) is 10.4. The van der Waals surface area contributed by atoms with E-state index in [0.29, 0.717) is 19.3 Å². The van der Waals surface area contributed by atoms with Gasteiger partial charge in [0.2, 0.25) is 0 Å². The molecule has 0 amide bonds. The van der Waals surface area contributed by atoms with Crippen LogP contribution >= 0.6 is 0 Å². The molecule has 0 heterocycles. The lowest BCUT2D eigenvalue weighted by Crippen LogP contribution is -2.30. The molecule has 442 valence electrons. The van der Waals surface area contributed by atoms with Crippen LogP contribution in [-0.4, -0.2) is 37.2 Å². The third-order valence-corrected chi connectivity index (χ3v) is 15.5. The summed E-state index contributed by atoms with van der Waals surface area (Å²) in [7, 11) is 0. The van der Waals surface area contributed by atoms with Crippen molar-refractivity contribution in [3.63, 3.8) is 0 Å². The fourth-order valence-electron chi connectivity index (χ4n) is 10.4. The lowest BCUT2D eigenvalue weighted by atomic mass is 10.0. The zero-order chi connectivity index (χ0) is 54.3. The van der Waals surface area contributed by atoms with E-state index in [-0.39, 0.29) is 31.1 Å². The van der Waals surface area contributed by atoms with Gasteiger partial charge in [0, 0.05) is 19.3 Å². The van der Waals surface area contributed by atoms with Crippen LogP contribution in [-0.2, 0) is 28.6 Å². The molecule has 0 saturated carbocycles. The van der Waals surface area contributed by atoms with Gasteiger partial charge < -0.3 is 14.2 Å². The molecule has 0 rings (SSSR count). The molecule has 0 radical (unpaired) electrons. The van der Waals surface area contributed by atoms with Gasteiger partial charge in [-0.25, -0.2) is 0 Å². The van der Waals surface area contributed by atoms with E-state index in [1.165, 1.54) is 276 Å². The van der Waals surface area contributed by atoms with Gasteiger partial charge in [0.05, 0.1) is 0 Å². The summed E-state index contributed by atoms with van der Waals surface area (Å²) in [6, 6.07) is 0. The largest absolute Gasteiger partial charge is 0.462 e. The Morgan fingerprint density at radius 1 is 0.267 bits per heavy atom. The smallest absolute Gasteiger partial charge is 0.306 e. The van der Waals surface area contributed by atoms with Gasteiger partial charge in [-0.05, 0) is 51.4 Å². The van der Waals surface area contributed by atoms with Gasteiger partial charge in [0.25, 0.3) is 0 Å². The lowest BCUT2D eigenvalue weighted by Gasteiger charge is -2.18. The van der Waals surface area contributed by atoms with E-state index >= 15 is 0 Å². The molecule has 0 unspecified atom stereocenters. The maximum absolute atomic E-state index is 12.9. The number of carbonyl (C=O) groups is 3. The summed E-state index contributed by atoms with van der Waals surface area (Å²) < 4.78 is 17.0. The van der Waals surface area contributed by atoms with Crippen LogP contribution in [0.3, 0.4) is 0 Å². The first-order chi connectivity index (χ1) is 37.0. The van der Waals surface area contributed by atoms with E-state index in [4.69, 9.17) is 14.2 Å². The molecule has 0 aromatic heterocycles. The second kappa shape index (κ2) is 64.4. The van der Waals surface area contributed by atoms with Gasteiger partial charge in [0.15, 0.2) is 6.10 Å². The van der Waals surface area contributed by atoms with Crippen LogP contribution in [0, 0.1) is 0 Å². The number of hydrogen-bond acceptors (Lipinski definition) is 6. The molecular weight excluding hydrogens is 925 g/mol. The minimum absolute atomic E-state index is 0.0657. The Morgan fingerprint density at radius 3 is 0.760 bits per heavy atom. The minimum atomic E-state index is -0.769. The van der Waals surface area contributed by atoms with E-state index in [2.05, 4.69) is 45.1 Å². The Kier molecular flexibility index (Phi) is 62.6. The Balaban J connectivity index is 4.31. The molecule has 0 aromatic carbocycles. The number of esters is 3. The van der Waals surface area contributed by atoms with Crippen molar-refractivity contribution in [2.45, 2.75) is 386 Å². The first-order valence-corrected chi connectivity index (χ1v) is 33.8. The molecule has 0 aromatic rings. The first kappa shape index (κ1) is 72.9. The number of hydrogen-bond donors (Lipinski definition) is 0. The highest BCUT2D eigenvalue weighted by atomic mass is 16.6. The average Bonchev–Trinajstić information content (AvgIpc) is 3.41. The molecule has 0 bridgehead atoms. The van der Waals surface area contributed by atoms with E-state index in [9.17, 15) is 14.4 Å². The van der Waals surface area contributed by atoms with Crippen LogP contribution in [0.25, 0.3) is 0 Å². The lowest BCUT2D eigenvalue weighted by molar-refractivity contribution is -0.167. The van der Waals surface area contributed by atoms with Crippen LogP contribution in [0.4, 0.5) is 0 Å². The number of carbonyl (C=O) groups excluding carboxylic acids is 3. The summed E-state index contributed by atoms with van der Waals surface area (Å²) in [6.07, 6.45) is 77.6. The van der Waals surface area contributed by atoms with Crippen LogP contribution < -0.4 is 0 Å². The Labute approximate surface area is 468 Å². The van der Waals surface area contributed by atoms with Crippen LogP contribution in [0.5, 0.6) is 0 Å². The van der Waals surface area contributed by atoms with E-state index < -0.39 is 6.10 Å². The first-order valence-electron chi connectivity index (χ1n) is 33.8. The van der Waals surface area contributed by atoms with Gasteiger partial charge in [0.1, 0.15) is 13.2 Å². The molecule has 75 heavy (non-hydrogen) atoms. The third-order valence-electron chi connectivity index (χ3n) is 15.5. The second-order valence-corrected chi connectivity index (χ2v) is 23.1. The fraction of sp³-hybridized carbons (Fsp3) is 0.899. The van der Waals surface area contributed by atoms with Crippen molar-refractivity contribution >= 4 is 17.9 Å². The summed E-state index contributed by atoms with van der Waals surface area (Å²) in [4.78, 5) is 38.4. The van der Waals surface area contributed by atoms with Crippen molar-refractivity contribution in [3.8, 4) is 0 Å². The summed E-state index contributed by atoms with van der Waals surface area (Å²) >= 11 is 0. The molecule has 0 N–H and O–H groups in total. The zero-order valence-corrected chi connectivity index (χ0v) is 50.8. The van der Waals surface area contributed by atoms with Gasteiger partial charge in [-0.3, -0.25) is 14.4 Å². The predicted molar refractivity (Wildman–Crippen MR) is 326 cm³/mol. The molecule has 6 nitrogen and oxygen atoms in total. The number of unbranched alkanes of at least 4 members (excludes halogenated alkanes) is 48. The summed E-state index contributed by atoms with van der Waals surface area (Å²) in [6.45, 7) is 6.70. The highest BCUT2D eigenvalue weighted by Crippen LogP contribution is 2.18. The topological polar surface area (TPSA) is 78.9 Å². The highest BCUT2D eigenvalue weighted by molar-refractivity contribution is 5.71. The van der Waals surface area contributed by atoms with Crippen molar-refractivity contribution in [3.05, 3.63) is 24.3 Å². The minimum Gasteiger partial charge on any atom is -0.462 e. The average molecular weight is 1060 g/mol. The maximum atomic E-state index is 12.9. The van der Waals surface area contributed by atoms with Gasteiger partial charge >= 0.3 is 17.9 Å². The molecule has 6 heteroatoms. The second-order valence-electron chi connectivity index (χ2n) is 23.1. The quantitative estimate of drug-likeness (QED) is 0.0261. The standard InChI is InChI=1S/C69H130O6/c1-4-7-10-13-16-19-22-25-28-31-34-37-40-43-46-49-52-55-58-61-67(70)73-64-66(75-69(72)63-60-57-54-51-48-45-42-39-36-33-30-27-24-21-18-15-12-9-6-3)65-74-68(71)62-59-56-53-50-47-44-41-38-35-32-29-26-23-20-17-14-11-8-5-2/h16,19,25,28,66H,4-15,17-18,20-24,26-27,29-65H2,1-3H3/b19-16+,28-25+/t66-/m0/s1. The Morgan fingerprint density at radius 2 is 0.480 bits per heavy atom. The van der Waals surface area contributed by atoms with Crippen LogP contribution in [0.1, 0.15) is 380 Å². The molecule has 0 saturated heterocycles. The Bertz CT molecular complexity index is 1210. The van der Waals surface area contributed by atoms with E-state index in [0.717, 1.165) is 64.2 Å². The van der Waals surface area contributed by atoms with Crippen molar-refractivity contribution in [1.29, 1.82) is 0 Å². The van der Waals surface area contributed by atoms with E-state index in [1.807, 2.05) is 0 Å². The summed E-state index contributed by atoms with van der Waals surface area (Å²) in [5, 5.41) is 0. The molecular formula is C69H130O6. The van der Waals surface area contributed by atoms with Crippen molar-refractivity contribution in [2.75, 3.05) is 13.2 Å². The third kappa shape index (κ3) is 62.6. The van der Waals surface area contributed by atoms with Crippen LogP contribution in [0.2, 0.25) is 0 Å². The maximum Gasteiger partial charge on any atom is 0.306 e.